The molecule has 0 aromatic heterocycles. The van der Waals surface area contributed by atoms with E-state index >= 15 is 0 Å². The van der Waals surface area contributed by atoms with Crippen LogP contribution in [0.4, 0.5) is 0 Å². The highest BCUT2D eigenvalue weighted by Gasteiger charge is 2.08. The van der Waals surface area contributed by atoms with Gasteiger partial charge in [0.15, 0.2) is 6.61 Å². The maximum absolute atomic E-state index is 11.7. The molecule has 0 atom stereocenters. The largest absolute Gasteiger partial charge is 0.481 e. The standard InChI is InChI=1S/C17H14N2O4/c18-9-14-3-1-2-4-15(14)22-11-16(20)23-10-12-5-7-13(8-6-12)17(19)21/h1-8H,10-11H2,(H2,19,21). The first-order valence-electron chi connectivity index (χ1n) is 6.76. The Kier molecular flexibility index (Phi) is 5.31. The maximum atomic E-state index is 11.7. The van der Waals surface area contributed by atoms with E-state index in [2.05, 4.69) is 0 Å². The fraction of sp³-hybridized carbons (Fsp3) is 0.118. The number of primary amides is 1. The van der Waals surface area contributed by atoms with Gasteiger partial charge in [0.1, 0.15) is 18.4 Å². The molecule has 6 nitrogen and oxygen atoms in total. The summed E-state index contributed by atoms with van der Waals surface area (Å²) in [6.07, 6.45) is 0. The summed E-state index contributed by atoms with van der Waals surface area (Å²) < 4.78 is 10.3. The zero-order chi connectivity index (χ0) is 16.7. The van der Waals surface area contributed by atoms with Crippen molar-refractivity contribution in [2.24, 2.45) is 5.73 Å². The molecule has 0 aliphatic carbocycles. The summed E-state index contributed by atoms with van der Waals surface area (Å²) >= 11 is 0. The van der Waals surface area contributed by atoms with Crippen molar-refractivity contribution in [3.8, 4) is 11.8 Å². The Hall–Kier alpha value is -3.33. The number of amides is 1. The molecule has 2 aromatic rings. The molecule has 0 radical (unpaired) electrons. The number of rotatable bonds is 6. The Bertz CT molecular complexity index is 748. The molecule has 2 rings (SSSR count). The summed E-state index contributed by atoms with van der Waals surface area (Å²) in [5, 5.41) is 8.92. The van der Waals surface area contributed by atoms with Crippen molar-refractivity contribution in [2.45, 2.75) is 6.61 Å². The number of hydrogen-bond donors (Lipinski definition) is 1. The van der Waals surface area contributed by atoms with Gasteiger partial charge in [0, 0.05) is 5.56 Å². The van der Waals surface area contributed by atoms with E-state index in [1.54, 1.807) is 48.5 Å². The van der Waals surface area contributed by atoms with Crippen LogP contribution in [0.5, 0.6) is 5.75 Å². The number of nitriles is 1. The van der Waals surface area contributed by atoms with Gasteiger partial charge in [0.05, 0.1) is 5.56 Å². The average Bonchev–Trinajstić information content (AvgIpc) is 2.58. The van der Waals surface area contributed by atoms with E-state index in [1.807, 2.05) is 6.07 Å². The molecule has 2 aromatic carbocycles. The molecule has 23 heavy (non-hydrogen) atoms. The van der Waals surface area contributed by atoms with Gasteiger partial charge in [-0.15, -0.1) is 0 Å². The predicted octanol–water partition coefficient (Wildman–Crippen LogP) is 1.78. The van der Waals surface area contributed by atoms with Gasteiger partial charge in [0.2, 0.25) is 5.91 Å². The van der Waals surface area contributed by atoms with Crippen molar-refractivity contribution < 1.29 is 19.1 Å². The van der Waals surface area contributed by atoms with Crippen LogP contribution in [0.15, 0.2) is 48.5 Å². The lowest BCUT2D eigenvalue weighted by molar-refractivity contribution is -0.147. The van der Waals surface area contributed by atoms with Crippen LogP contribution in [0.25, 0.3) is 0 Å². The first-order chi connectivity index (χ1) is 11.1. The number of nitrogens with two attached hydrogens (primary N) is 1. The lowest BCUT2D eigenvalue weighted by Crippen LogP contribution is -2.15. The van der Waals surface area contributed by atoms with E-state index in [0.29, 0.717) is 16.9 Å². The minimum atomic E-state index is -0.559. The second-order valence-electron chi connectivity index (χ2n) is 4.62. The lowest BCUT2D eigenvalue weighted by atomic mass is 10.1. The zero-order valence-corrected chi connectivity index (χ0v) is 12.2. The number of hydrogen-bond acceptors (Lipinski definition) is 5. The topological polar surface area (TPSA) is 102 Å². The molecule has 0 fully saturated rings. The van der Waals surface area contributed by atoms with E-state index in [9.17, 15) is 9.59 Å². The van der Waals surface area contributed by atoms with Gasteiger partial charge in [-0.1, -0.05) is 24.3 Å². The van der Waals surface area contributed by atoms with Gasteiger partial charge >= 0.3 is 5.97 Å². The predicted molar refractivity (Wildman–Crippen MR) is 81.4 cm³/mol. The van der Waals surface area contributed by atoms with E-state index in [1.165, 1.54) is 0 Å². The zero-order valence-electron chi connectivity index (χ0n) is 12.2. The van der Waals surface area contributed by atoms with Gasteiger partial charge in [-0.2, -0.15) is 5.26 Å². The van der Waals surface area contributed by atoms with E-state index < -0.39 is 11.9 Å². The summed E-state index contributed by atoms with van der Waals surface area (Å²) in [6, 6.07) is 15.0. The molecule has 0 spiro atoms. The monoisotopic (exact) mass is 310 g/mol. The smallest absolute Gasteiger partial charge is 0.344 e. The highest BCUT2D eigenvalue weighted by atomic mass is 16.6. The molecule has 116 valence electrons. The second-order valence-corrected chi connectivity index (χ2v) is 4.62. The van der Waals surface area contributed by atoms with Gasteiger partial charge in [0.25, 0.3) is 0 Å². The molecule has 2 N–H and O–H groups in total. The average molecular weight is 310 g/mol. The van der Waals surface area contributed by atoms with Gasteiger partial charge in [-0.25, -0.2) is 4.79 Å². The molecular weight excluding hydrogens is 296 g/mol. The number of esters is 1. The number of benzene rings is 2. The van der Waals surface area contributed by atoms with Crippen molar-refractivity contribution in [3.63, 3.8) is 0 Å². The minimum Gasteiger partial charge on any atom is -0.481 e. The van der Waals surface area contributed by atoms with Crippen LogP contribution in [-0.2, 0) is 16.1 Å². The third-order valence-electron chi connectivity index (χ3n) is 2.99. The number of carbonyl (C=O) groups is 2. The Morgan fingerprint density at radius 1 is 1.09 bits per heavy atom. The van der Waals surface area contributed by atoms with Crippen molar-refractivity contribution in [1.82, 2.24) is 0 Å². The van der Waals surface area contributed by atoms with Crippen molar-refractivity contribution >= 4 is 11.9 Å². The summed E-state index contributed by atoms with van der Waals surface area (Å²) in [5.74, 6) is -0.743. The van der Waals surface area contributed by atoms with E-state index in [0.717, 1.165) is 5.56 Å². The lowest BCUT2D eigenvalue weighted by Gasteiger charge is -2.08. The van der Waals surface area contributed by atoms with Gasteiger partial charge in [-0.3, -0.25) is 4.79 Å². The quantitative estimate of drug-likeness (QED) is 0.819. The molecular formula is C17H14N2O4. The van der Waals surface area contributed by atoms with Crippen molar-refractivity contribution in [3.05, 3.63) is 65.2 Å². The summed E-state index contributed by atoms with van der Waals surface area (Å²) in [7, 11) is 0. The molecule has 6 heteroatoms. The number of carbonyl (C=O) groups excluding carboxylic acids is 2. The summed E-state index contributed by atoms with van der Waals surface area (Å²) in [5.41, 5.74) is 6.60. The Morgan fingerprint density at radius 2 is 1.78 bits per heavy atom. The Morgan fingerprint density at radius 3 is 2.43 bits per heavy atom. The van der Waals surface area contributed by atoms with Crippen LogP contribution in [0.1, 0.15) is 21.5 Å². The second kappa shape index (κ2) is 7.61. The van der Waals surface area contributed by atoms with Crippen LogP contribution in [0.2, 0.25) is 0 Å². The number of nitrogens with zero attached hydrogens (tertiary/aromatic N) is 1. The Balaban J connectivity index is 1.83. The van der Waals surface area contributed by atoms with E-state index in [-0.39, 0.29) is 13.2 Å². The molecule has 0 saturated carbocycles. The van der Waals surface area contributed by atoms with Crippen molar-refractivity contribution in [1.29, 1.82) is 5.26 Å². The molecule has 0 aliphatic rings. The van der Waals surface area contributed by atoms with E-state index in [4.69, 9.17) is 20.5 Å². The molecule has 0 saturated heterocycles. The highest BCUT2D eigenvalue weighted by Crippen LogP contribution is 2.16. The molecule has 1 amide bonds. The molecule has 0 aliphatic heterocycles. The van der Waals surface area contributed by atoms with Crippen LogP contribution in [-0.4, -0.2) is 18.5 Å². The SMILES string of the molecule is N#Cc1ccccc1OCC(=O)OCc1ccc(C(N)=O)cc1. The van der Waals surface area contributed by atoms with Crippen LogP contribution in [0.3, 0.4) is 0 Å². The number of ether oxygens (including phenoxy) is 2. The first kappa shape index (κ1) is 16.0. The van der Waals surface area contributed by atoms with Crippen LogP contribution >= 0.6 is 0 Å². The van der Waals surface area contributed by atoms with Crippen LogP contribution < -0.4 is 10.5 Å². The third-order valence-corrected chi connectivity index (χ3v) is 2.99. The number of para-hydroxylation sites is 1. The maximum Gasteiger partial charge on any atom is 0.344 e. The molecule has 0 heterocycles. The third kappa shape index (κ3) is 4.58. The van der Waals surface area contributed by atoms with Gasteiger partial charge in [-0.05, 0) is 29.8 Å². The van der Waals surface area contributed by atoms with Crippen molar-refractivity contribution in [2.75, 3.05) is 6.61 Å². The van der Waals surface area contributed by atoms with Gasteiger partial charge < -0.3 is 15.2 Å². The highest BCUT2D eigenvalue weighted by molar-refractivity contribution is 5.92. The first-order valence-corrected chi connectivity index (χ1v) is 6.76. The fourth-order valence-electron chi connectivity index (χ4n) is 1.79. The normalized spacial score (nSPS) is 9.70. The van der Waals surface area contributed by atoms with Crippen LogP contribution in [0, 0.1) is 11.3 Å². The summed E-state index contributed by atoms with van der Waals surface area (Å²) in [6.45, 7) is -0.237. The molecule has 0 bridgehead atoms. The fourth-order valence-corrected chi connectivity index (χ4v) is 1.79. The minimum absolute atomic E-state index is 0.0567. The molecule has 0 unspecified atom stereocenters. The summed E-state index contributed by atoms with van der Waals surface area (Å²) in [4.78, 5) is 22.6. The Labute approximate surface area is 133 Å².